The number of non-ortho nitro benzene ring substituents is 1. The molecule has 1 aromatic heterocycles. The smallest absolute Gasteiger partial charge is 0.274 e. The second-order valence-electron chi connectivity index (χ2n) is 7.13. The van der Waals surface area contributed by atoms with Crippen LogP contribution in [-0.2, 0) is 6.54 Å². The zero-order valence-corrected chi connectivity index (χ0v) is 15.7. The Morgan fingerprint density at radius 3 is 2.70 bits per heavy atom. The number of hydrogen-bond donors (Lipinski definition) is 1. The number of carbonyl (C=O) groups is 1. The van der Waals surface area contributed by atoms with Gasteiger partial charge in [0.2, 0.25) is 0 Å². The highest BCUT2D eigenvalue weighted by atomic mass is 16.6. The van der Waals surface area contributed by atoms with E-state index < -0.39 is 4.92 Å². The zero-order valence-electron chi connectivity index (χ0n) is 15.7. The highest BCUT2D eigenvalue weighted by molar-refractivity contribution is 5.92. The van der Waals surface area contributed by atoms with Gasteiger partial charge in [0.05, 0.1) is 11.0 Å². The Kier molecular flexibility index (Phi) is 5.85. The number of rotatable bonds is 6. The van der Waals surface area contributed by atoms with Gasteiger partial charge in [0, 0.05) is 37.5 Å². The molecule has 0 saturated carbocycles. The quantitative estimate of drug-likeness (QED) is 0.622. The number of nitrogens with zero attached hydrogens (tertiary/aromatic N) is 4. The fourth-order valence-electron chi connectivity index (χ4n) is 3.27. The summed E-state index contributed by atoms with van der Waals surface area (Å²) < 4.78 is 1.88. The first-order valence-corrected chi connectivity index (χ1v) is 9.26. The van der Waals surface area contributed by atoms with Crippen molar-refractivity contribution in [3.8, 4) is 0 Å². The number of carbonyl (C=O) groups excluding carboxylic acids is 1. The largest absolute Gasteiger partial charge is 0.331 e. The summed E-state index contributed by atoms with van der Waals surface area (Å²) >= 11 is 0. The summed E-state index contributed by atoms with van der Waals surface area (Å²) in [6.45, 7) is 6.18. The second kappa shape index (κ2) is 8.30. The molecule has 0 bridgehead atoms. The second-order valence-corrected chi connectivity index (χ2v) is 7.13. The summed E-state index contributed by atoms with van der Waals surface area (Å²) in [4.78, 5) is 25.1. The van der Waals surface area contributed by atoms with Gasteiger partial charge in [-0.3, -0.25) is 19.6 Å². The third-order valence-electron chi connectivity index (χ3n) is 4.86. The van der Waals surface area contributed by atoms with E-state index in [1.807, 2.05) is 24.7 Å². The number of aromatic nitrogens is 2. The monoisotopic (exact) mass is 371 g/mol. The Morgan fingerprint density at radius 2 is 2.11 bits per heavy atom. The maximum Gasteiger partial charge on any atom is 0.274 e. The van der Waals surface area contributed by atoms with Crippen LogP contribution in [0.1, 0.15) is 48.8 Å². The fraction of sp³-hybridized carbons (Fsp3) is 0.474. The van der Waals surface area contributed by atoms with Crippen molar-refractivity contribution in [2.45, 2.75) is 45.3 Å². The molecule has 1 aromatic carbocycles. The summed E-state index contributed by atoms with van der Waals surface area (Å²) in [5.74, 6) is -0.133. The van der Waals surface area contributed by atoms with Gasteiger partial charge in [0.25, 0.3) is 11.6 Å². The third-order valence-corrected chi connectivity index (χ3v) is 4.86. The molecule has 144 valence electrons. The summed E-state index contributed by atoms with van der Waals surface area (Å²) in [5.41, 5.74) is 1.32. The molecule has 8 nitrogen and oxygen atoms in total. The Hall–Kier alpha value is -2.74. The van der Waals surface area contributed by atoms with Crippen LogP contribution in [0.5, 0.6) is 0 Å². The normalized spacial score (nSPS) is 17.1. The van der Waals surface area contributed by atoms with E-state index >= 15 is 0 Å². The van der Waals surface area contributed by atoms with Crippen molar-refractivity contribution in [2.24, 2.45) is 0 Å². The minimum atomic E-state index is -0.429. The molecule has 1 fully saturated rings. The molecule has 0 aliphatic carbocycles. The van der Waals surface area contributed by atoms with Crippen LogP contribution in [0, 0.1) is 10.1 Å². The van der Waals surface area contributed by atoms with Crippen LogP contribution < -0.4 is 5.32 Å². The average Bonchev–Trinajstić information content (AvgIpc) is 3.16. The first kappa shape index (κ1) is 19.0. The topological polar surface area (TPSA) is 93.3 Å². The van der Waals surface area contributed by atoms with E-state index in [-0.39, 0.29) is 23.7 Å². The number of nitro groups is 1. The molecule has 1 aliphatic heterocycles. The molecule has 1 N–H and O–H groups in total. The molecule has 1 saturated heterocycles. The lowest BCUT2D eigenvalue weighted by molar-refractivity contribution is -0.384. The molecule has 0 radical (unpaired) electrons. The van der Waals surface area contributed by atoms with Crippen LogP contribution in [0.3, 0.4) is 0 Å². The first-order valence-electron chi connectivity index (χ1n) is 9.26. The molecule has 8 heteroatoms. The SMILES string of the molecule is CC(C)N(Cc1ccc([N+](=O)[O-])cc1)C(=O)c1ccn(C2CCCNC2)n1. The summed E-state index contributed by atoms with van der Waals surface area (Å²) in [7, 11) is 0. The Balaban J connectivity index is 1.73. The van der Waals surface area contributed by atoms with Gasteiger partial charge in [-0.1, -0.05) is 12.1 Å². The van der Waals surface area contributed by atoms with Gasteiger partial charge in [-0.05, 0) is 44.9 Å². The van der Waals surface area contributed by atoms with E-state index in [4.69, 9.17) is 0 Å². The van der Waals surface area contributed by atoms with Crippen molar-refractivity contribution in [3.05, 3.63) is 57.9 Å². The standard InChI is InChI=1S/C19H25N5O3/c1-14(2)22(13-15-5-7-16(8-6-15)24(26)27)19(25)18-9-11-23(21-18)17-4-3-10-20-12-17/h5-9,11,14,17,20H,3-4,10,12-13H2,1-2H3. The van der Waals surface area contributed by atoms with Crippen LogP contribution in [0.4, 0.5) is 5.69 Å². The number of amides is 1. The number of benzene rings is 1. The predicted octanol–water partition coefficient (Wildman–Crippen LogP) is 2.77. The van der Waals surface area contributed by atoms with Crippen molar-refractivity contribution in [3.63, 3.8) is 0 Å². The molecule has 0 spiro atoms. The number of piperidine rings is 1. The van der Waals surface area contributed by atoms with Crippen LogP contribution in [-0.4, -0.2) is 44.6 Å². The first-order chi connectivity index (χ1) is 13.0. The maximum absolute atomic E-state index is 13.0. The Bertz CT molecular complexity index is 794. The Labute approximate surface area is 158 Å². The van der Waals surface area contributed by atoms with Gasteiger partial charge in [-0.15, -0.1) is 0 Å². The van der Waals surface area contributed by atoms with Crippen molar-refractivity contribution in [2.75, 3.05) is 13.1 Å². The molecule has 1 unspecified atom stereocenters. The summed E-state index contributed by atoms with van der Waals surface area (Å²) in [6.07, 6.45) is 4.03. The molecule has 27 heavy (non-hydrogen) atoms. The van der Waals surface area contributed by atoms with E-state index in [0.717, 1.165) is 31.5 Å². The molecular formula is C19H25N5O3. The molecular weight excluding hydrogens is 346 g/mol. The van der Waals surface area contributed by atoms with E-state index in [1.54, 1.807) is 23.1 Å². The summed E-state index contributed by atoms with van der Waals surface area (Å²) in [6, 6.07) is 8.32. The van der Waals surface area contributed by atoms with E-state index in [0.29, 0.717) is 12.2 Å². The minimum absolute atomic E-state index is 0.0193. The minimum Gasteiger partial charge on any atom is -0.331 e. The zero-order chi connectivity index (χ0) is 19.4. The van der Waals surface area contributed by atoms with Crippen molar-refractivity contribution in [1.29, 1.82) is 0 Å². The average molecular weight is 371 g/mol. The van der Waals surface area contributed by atoms with E-state index in [1.165, 1.54) is 12.1 Å². The summed E-state index contributed by atoms with van der Waals surface area (Å²) in [5, 5.41) is 18.7. The number of nitrogens with one attached hydrogen (secondary N) is 1. The van der Waals surface area contributed by atoms with Gasteiger partial charge in [0.15, 0.2) is 0 Å². The molecule has 1 atom stereocenters. The highest BCUT2D eigenvalue weighted by Crippen LogP contribution is 2.19. The molecule has 1 amide bonds. The number of hydrogen-bond acceptors (Lipinski definition) is 5. The van der Waals surface area contributed by atoms with E-state index in [2.05, 4.69) is 10.4 Å². The van der Waals surface area contributed by atoms with Crippen LogP contribution in [0.15, 0.2) is 36.5 Å². The molecule has 1 aliphatic rings. The van der Waals surface area contributed by atoms with Crippen LogP contribution in [0.2, 0.25) is 0 Å². The van der Waals surface area contributed by atoms with Gasteiger partial charge < -0.3 is 10.2 Å². The van der Waals surface area contributed by atoms with Gasteiger partial charge >= 0.3 is 0 Å². The maximum atomic E-state index is 13.0. The molecule has 2 aromatic rings. The van der Waals surface area contributed by atoms with Gasteiger partial charge in [-0.25, -0.2) is 0 Å². The van der Waals surface area contributed by atoms with Crippen molar-refractivity contribution >= 4 is 11.6 Å². The third kappa shape index (κ3) is 4.51. The molecule has 3 rings (SSSR count). The van der Waals surface area contributed by atoms with E-state index in [9.17, 15) is 14.9 Å². The molecule has 2 heterocycles. The number of nitro benzene ring substituents is 1. The van der Waals surface area contributed by atoms with Crippen LogP contribution in [0.25, 0.3) is 0 Å². The van der Waals surface area contributed by atoms with Crippen molar-refractivity contribution < 1.29 is 9.72 Å². The lowest BCUT2D eigenvalue weighted by Crippen LogP contribution is -2.37. The van der Waals surface area contributed by atoms with Gasteiger partial charge in [0.1, 0.15) is 5.69 Å². The fourth-order valence-corrected chi connectivity index (χ4v) is 3.27. The van der Waals surface area contributed by atoms with Gasteiger partial charge in [-0.2, -0.15) is 5.10 Å². The lowest BCUT2D eigenvalue weighted by Gasteiger charge is -2.26. The Morgan fingerprint density at radius 1 is 1.37 bits per heavy atom. The van der Waals surface area contributed by atoms with Crippen molar-refractivity contribution in [1.82, 2.24) is 20.0 Å². The van der Waals surface area contributed by atoms with Crippen LogP contribution >= 0.6 is 0 Å². The highest BCUT2D eigenvalue weighted by Gasteiger charge is 2.23. The predicted molar refractivity (Wildman–Crippen MR) is 101 cm³/mol. The lowest BCUT2D eigenvalue weighted by atomic mass is 10.1.